The van der Waals surface area contributed by atoms with Gasteiger partial charge in [0.15, 0.2) is 0 Å². The summed E-state index contributed by atoms with van der Waals surface area (Å²) in [5.41, 5.74) is 0.477. The molecular formula is C21H24N6O3. The fourth-order valence-electron chi connectivity index (χ4n) is 3.42. The second-order valence-electron chi connectivity index (χ2n) is 7.03. The molecule has 1 aliphatic rings. The van der Waals surface area contributed by atoms with Gasteiger partial charge in [-0.25, -0.2) is 4.98 Å². The second-order valence-corrected chi connectivity index (χ2v) is 7.03. The zero-order valence-corrected chi connectivity index (χ0v) is 17.3. The largest absolute Gasteiger partial charge is 0.479 e. The van der Waals surface area contributed by atoms with Crippen LogP contribution in [0.5, 0.6) is 17.5 Å². The van der Waals surface area contributed by atoms with E-state index in [-0.39, 0.29) is 5.91 Å². The first-order chi connectivity index (χ1) is 14.5. The molecule has 9 nitrogen and oxygen atoms in total. The van der Waals surface area contributed by atoms with Crippen LogP contribution in [0, 0.1) is 6.92 Å². The van der Waals surface area contributed by atoms with Crippen molar-refractivity contribution in [2.45, 2.75) is 6.92 Å². The first-order valence-corrected chi connectivity index (χ1v) is 9.74. The zero-order valence-electron chi connectivity index (χ0n) is 17.3. The molecule has 3 heterocycles. The van der Waals surface area contributed by atoms with Gasteiger partial charge in [0, 0.05) is 45.5 Å². The van der Waals surface area contributed by atoms with Crippen LogP contribution >= 0.6 is 0 Å². The van der Waals surface area contributed by atoms with Crippen molar-refractivity contribution in [3.63, 3.8) is 0 Å². The van der Waals surface area contributed by atoms with E-state index in [1.54, 1.807) is 17.9 Å². The normalized spacial score (nSPS) is 14.0. The number of aryl methyl sites for hydroxylation is 2. The molecule has 0 atom stereocenters. The highest BCUT2D eigenvalue weighted by Crippen LogP contribution is 2.24. The van der Waals surface area contributed by atoms with Gasteiger partial charge in [0.05, 0.1) is 7.11 Å². The molecule has 9 heteroatoms. The highest BCUT2D eigenvalue weighted by atomic mass is 16.5. The van der Waals surface area contributed by atoms with Crippen molar-refractivity contribution in [2.24, 2.45) is 7.05 Å². The molecule has 0 radical (unpaired) electrons. The summed E-state index contributed by atoms with van der Waals surface area (Å²) in [4.78, 5) is 25.8. The summed E-state index contributed by atoms with van der Waals surface area (Å²) in [5.74, 6) is 2.92. The summed E-state index contributed by atoms with van der Waals surface area (Å²) in [6, 6.07) is 11.4. The van der Waals surface area contributed by atoms with Crippen molar-refractivity contribution >= 4 is 11.7 Å². The monoisotopic (exact) mass is 408 g/mol. The summed E-state index contributed by atoms with van der Waals surface area (Å²) in [6.45, 7) is 4.32. The van der Waals surface area contributed by atoms with Crippen molar-refractivity contribution in [1.29, 1.82) is 0 Å². The Morgan fingerprint density at radius 2 is 1.80 bits per heavy atom. The van der Waals surface area contributed by atoms with Crippen molar-refractivity contribution in [3.8, 4) is 17.5 Å². The number of piperazine rings is 1. The van der Waals surface area contributed by atoms with Crippen LogP contribution in [0.15, 0.2) is 42.6 Å². The van der Waals surface area contributed by atoms with Gasteiger partial charge in [0.1, 0.15) is 23.0 Å². The number of hydrogen-bond donors (Lipinski definition) is 0. The van der Waals surface area contributed by atoms with E-state index < -0.39 is 0 Å². The first kappa shape index (κ1) is 19.7. The standard InChI is InChI=1S/C21H24N6O3/c1-15-22-18(13-19(23-15)30-16-7-5-4-6-8-16)26-9-11-27(12-10-26)21(28)17-14-25(2)24-20(17)29-3/h4-8,13-14H,9-12H2,1-3H3. The lowest BCUT2D eigenvalue weighted by Crippen LogP contribution is -2.49. The van der Waals surface area contributed by atoms with E-state index in [9.17, 15) is 4.79 Å². The zero-order chi connectivity index (χ0) is 21.1. The van der Waals surface area contributed by atoms with Crippen LogP contribution in [0.3, 0.4) is 0 Å². The highest BCUT2D eigenvalue weighted by Gasteiger charge is 2.27. The molecule has 0 N–H and O–H groups in total. The minimum Gasteiger partial charge on any atom is -0.479 e. The average Bonchev–Trinajstić information content (AvgIpc) is 3.14. The molecule has 156 valence electrons. The molecule has 1 fully saturated rings. The minimum absolute atomic E-state index is 0.0773. The number of hydrogen-bond acceptors (Lipinski definition) is 7. The predicted molar refractivity (Wildman–Crippen MR) is 111 cm³/mol. The van der Waals surface area contributed by atoms with Crippen molar-refractivity contribution in [1.82, 2.24) is 24.6 Å². The predicted octanol–water partition coefficient (Wildman–Crippen LogP) is 2.28. The van der Waals surface area contributed by atoms with Crippen LogP contribution in [0.2, 0.25) is 0 Å². The van der Waals surface area contributed by atoms with Crippen LogP contribution in [-0.2, 0) is 7.05 Å². The molecule has 2 aromatic heterocycles. The van der Waals surface area contributed by atoms with Crippen LogP contribution in [0.4, 0.5) is 5.82 Å². The van der Waals surface area contributed by atoms with E-state index in [0.717, 1.165) is 11.6 Å². The highest BCUT2D eigenvalue weighted by molar-refractivity contribution is 5.96. The molecule has 0 bridgehead atoms. The van der Waals surface area contributed by atoms with Gasteiger partial charge in [-0.15, -0.1) is 5.10 Å². The number of rotatable bonds is 5. The van der Waals surface area contributed by atoms with Crippen molar-refractivity contribution in [2.75, 3.05) is 38.2 Å². The number of carbonyl (C=O) groups is 1. The van der Waals surface area contributed by atoms with Crippen LogP contribution < -0.4 is 14.4 Å². The number of nitrogens with zero attached hydrogens (tertiary/aromatic N) is 6. The quantitative estimate of drug-likeness (QED) is 0.640. The molecule has 1 saturated heterocycles. The molecular weight excluding hydrogens is 384 g/mol. The van der Waals surface area contributed by atoms with Gasteiger partial charge in [0.2, 0.25) is 11.8 Å². The van der Waals surface area contributed by atoms with E-state index in [2.05, 4.69) is 20.0 Å². The molecule has 4 rings (SSSR count). The third kappa shape index (κ3) is 4.19. The van der Waals surface area contributed by atoms with Gasteiger partial charge in [-0.3, -0.25) is 9.48 Å². The van der Waals surface area contributed by atoms with E-state index in [0.29, 0.717) is 49.3 Å². The number of ether oxygens (including phenoxy) is 2. The Balaban J connectivity index is 1.44. The van der Waals surface area contributed by atoms with Gasteiger partial charge < -0.3 is 19.3 Å². The van der Waals surface area contributed by atoms with Gasteiger partial charge in [-0.1, -0.05) is 18.2 Å². The SMILES string of the molecule is COc1nn(C)cc1C(=O)N1CCN(c2cc(Oc3ccccc3)nc(C)n2)CC1. The third-order valence-electron chi connectivity index (χ3n) is 4.88. The lowest BCUT2D eigenvalue weighted by Gasteiger charge is -2.35. The molecule has 0 spiro atoms. The van der Waals surface area contributed by atoms with Crippen LogP contribution in [0.1, 0.15) is 16.2 Å². The summed E-state index contributed by atoms with van der Waals surface area (Å²) < 4.78 is 12.7. The van der Waals surface area contributed by atoms with E-state index in [4.69, 9.17) is 9.47 Å². The topological polar surface area (TPSA) is 85.6 Å². The smallest absolute Gasteiger partial charge is 0.261 e. The fraction of sp³-hybridized carbons (Fsp3) is 0.333. The van der Waals surface area contributed by atoms with Crippen LogP contribution in [0.25, 0.3) is 0 Å². The van der Waals surface area contributed by atoms with Crippen LogP contribution in [-0.4, -0.2) is 63.8 Å². The van der Waals surface area contributed by atoms with E-state index >= 15 is 0 Å². The van der Waals surface area contributed by atoms with Gasteiger partial charge >= 0.3 is 0 Å². The Kier molecular flexibility index (Phi) is 5.51. The van der Waals surface area contributed by atoms with Gasteiger partial charge in [-0.05, 0) is 19.1 Å². The summed E-state index contributed by atoms with van der Waals surface area (Å²) >= 11 is 0. The lowest BCUT2D eigenvalue weighted by atomic mass is 10.2. The lowest BCUT2D eigenvalue weighted by molar-refractivity contribution is 0.0743. The minimum atomic E-state index is -0.0773. The maximum atomic E-state index is 12.9. The Hall–Kier alpha value is -3.62. The summed E-state index contributed by atoms with van der Waals surface area (Å²) in [6.07, 6.45) is 1.69. The number of amides is 1. The molecule has 0 unspecified atom stereocenters. The molecule has 3 aromatic rings. The average molecular weight is 408 g/mol. The molecule has 0 saturated carbocycles. The summed E-state index contributed by atoms with van der Waals surface area (Å²) in [7, 11) is 3.29. The van der Waals surface area contributed by atoms with Crippen molar-refractivity contribution in [3.05, 3.63) is 54.0 Å². The Labute approximate surface area is 174 Å². The maximum Gasteiger partial charge on any atom is 0.261 e. The molecule has 30 heavy (non-hydrogen) atoms. The summed E-state index contributed by atoms with van der Waals surface area (Å²) in [5, 5.41) is 4.17. The Morgan fingerprint density at radius 3 is 2.50 bits per heavy atom. The van der Waals surface area contributed by atoms with Crippen molar-refractivity contribution < 1.29 is 14.3 Å². The van der Waals surface area contributed by atoms with E-state index in [1.165, 1.54) is 7.11 Å². The molecule has 1 amide bonds. The van der Waals surface area contributed by atoms with Gasteiger partial charge in [0.25, 0.3) is 5.91 Å². The Morgan fingerprint density at radius 1 is 1.07 bits per heavy atom. The van der Waals surface area contributed by atoms with E-state index in [1.807, 2.05) is 48.2 Å². The molecule has 1 aliphatic heterocycles. The molecule has 1 aromatic carbocycles. The number of para-hydroxylation sites is 1. The second kappa shape index (κ2) is 8.40. The number of anilines is 1. The first-order valence-electron chi connectivity index (χ1n) is 9.74. The number of carbonyl (C=O) groups excluding carboxylic acids is 1. The molecule has 0 aliphatic carbocycles. The maximum absolute atomic E-state index is 12.9. The van der Waals surface area contributed by atoms with Gasteiger partial charge in [-0.2, -0.15) is 4.98 Å². The fourth-order valence-corrected chi connectivity index (χ4v) is 3.42. The number of aromatic nitrogens is 4. The number of benzene rings is 1. The third-order valence-corrected chi connectivity index (χ3v) is 4.88. The Bertz CT molecular complexity index is 1030. The number of methoxy groups -OCH3 is 1.